The van der Waals surface area contributed by atoms with Gasteiger partial charge < -0.3 is 14.4 Å². The van der Waals surface area contributed by atoms with Crippen LogP contribution in [0.3, 0.4) is 0 Å². The molecule has 0 bridgehead atoms. The Morgan fingerprint density at radius 2 is 1.96 bits per heavy atom. The average molecular weight is 381 g/mol. The first-order valence-electron chi connectivity index (χ1n) is 9.24. The zero-order valence-corrected chi connectivity index (χ0v) is 16.0. The molecule has 28 heavy (non-hydrogen) atoms. The fraction of sp³-hybridized carbons (Fsp3) is 0.350. The number of carbonyl (C=O) groups is 1. The van der Waals surface area contributed by atoms with E-state index in [1.54, 1.807) is 11.1 Å². The van der Waals surface area contributed by atoms with Crippen molar-refractivity contribution in [3.63, 3.8) is 0 Å². The number of hydrogen-bond donors (Lipinski definition) is 0. The maximum Gasteiger partial charge on any atom is 0.260 e. The number of ether oxygens (including phenoxy) is 2. The van der Waals surface area contributed by atoms with E-state index < -0.39 is 0 Å². The summed E-state index contributed by atoms with van der Waals surface area (Å²) in [7, 11) is 1.92. The number of carbonyl (C=O) groups excluding carboxylic acids is 1. The monoisotopic (exact) mass is 381 g/mol. The van der Waals surface area contributed by atoms with Crippen molar-refractivity contribution in [2.24, 2.45) is 7.05 Å². The lowest BCUT2D eigenvalue weighted by atomic mass is 10.2. The third-order valence-electron chi connectivity index (χ3n) is 4.95. The van der Waals surface area contributed by atoms with Gasteiger partial charge in [0, 0.05) is 38.1 Å². The molecule has 1 aromatic carbocycles. The molecule has 8 heteroatoms. The van der Waals surface area contributed by atoms with Gasteiger partial charge in [-0.1, -0.05) is 0 Å². The van der Waals surface area contributed by atoms with Crippen molar-refractivity contribution in [3.8, 4) is 22.8 Å². The Labute approximate surface area is 163 Å². The van der Waals surface area contributed by atoms with E-state index in [2.05, 4.69) is 10.1 Å². The van der Waals surface area contributed by atoms with E-state index in [0.717, 1.165) is 22.8 Å². The minimum absolute atomic E-state index is 0.0185. The third kappa shape index (κ3) is 3.63. The zero-order chi connectivity index (χ0) is 19.5. The number of hydrogen-bond acceptors (Lipinski definition) is 5. The van der Waals surface area contributed by atoms with Gasteiger partial charge in [0.15, 0.2) is 6.61 Å². The van der Waals surface area contributed by atoms with Gasteiger partial charge in [0.25, 0.3) is 5.91 Å². The molecule has 1 aliphatic rings. The predicted octanol–water partition coefficient (Wildman–Crippen LogP) is 1.82. The fourth-order valence-electron chi connectivity index (χ4n) is 3.18. The maximum absolute atomic E-state index is 12.2. The molecule has 1 saturated heterocycles. The molecule has 4 rings (SSSR count). The minimum Gasteiger partial charge on any atom is -0.484 e. The van der Waals surface area contributed by atoms with Crippen LogP contribution in [0.2, 0.25) is 0 Å². The van der Waals surface area contributed by atoms with E-state index in [4.69, 9.17) is 9.47 Å². The van der Waals surface area contributed by atoms with Gasteiger partial charge in [-0.2, -0.15) is 5.10 Å². The van der Waals surface area contributed by atoms with Gasteiger partial charge in [0.1, 0.15) is 11.6 Å². The Bertz CT molecular complexity index is 955. The summed E-state index contributed by atoms with van der Waals surface area (Å²) in [5.41, 5.74) is 3.01. The SMILES string of the molecule is Cc1c(-n2ccnc2-c2ccc(OCC(=O)N3CCOCC3)cc2)cnn1C. The highest BCUT2D eigenvalue weighted by Gasteiger charge is 2.17. The topological polar surface area (TPSA) is 74.4 Å². The molecule has 2 aromatic heterocycles. The van der Waals surface area contributed by atoms with E-state index in [9.17, 15) is 4.79 Å². The van der Waals surface area contributed by atoms with Crippen molar-refractivity contribution in [1.29, 1.82) is 0 Å². The summed E-state index contributed by atoms with van der Waals surface area (Å²) in [6, 6.07) is 7.60. The van der Waals surface area contributed by atoms with Gasteiger partial charge in [0.05, 0.1) is 30.8 Å². The lowest BCUT2D eigenvalue weighted by Gasteiger charge is -2.26. The fourth-order valence-corrected chi connectivity index (χ4v) is 3.18. The number of imidazole rings is 1. The third-order valence-corrected chi connectivity index (χ3v) is 4.95. The second-order valence-corrected chi connectivity index (χ2v) is 6.67. The van der Waals surface area contributed by atoms with E-state index >= 15 is 0 Å². The van der Waals surface area contributed by atoms with Gasteiger partial charge in [-0.25, -0.2) is 4.98 Å². The molecule has 0 spiro atoms. The second kappa shape index (κ2) is 7.85. The van der Waals surface area contributed by atoms with Crippen LogP contribution < -0.4 is 4.74 Å². The van der Waals surface area contributed by atoms with Crippen LogP contribution in [0.4, 0.5) is 0 Å². The van der Waals surface area contributed by atoms with Crippen LogP contribution in [0.1, 0.15) is 5.69 Å². The second-order valence-electron chi connectivity index (χ2n) is 6.67. The van der Waals surface area contributed by atoms with Crippen LogP contribution >= 0.6 is 0 Å². The summed E-state index contributed by atoms with van der Waals surface area (Å²) in [6.07, 6.45) is 5.52. The molecule has 146 valence electrons. The highest BCUT2D eigenvalue weighted by Crippen LogP contribution is 2.25. The van der Waals surface area contributed by atoms with E-state index in [1.807, 2.05) is 59.9 Å². The molecule has 1 aliphatic heterocycles. The smallest absolute Gasteiger partial charge is 0.260 e. The molecule has 0 saturated carbocycles. The van der Waals surface area contributed by atoms with E-state index in [-0.39, 0.29) is 12.5 Å². The Morgan fingerprint density at radius 3 is 2.64 bits per heavy atom. The van der Waals surface area contributed by atoms with Crippen molar-refractivity contribution < 1.29 is 14.3 Å². The Kier molecular flexibility index (Phi) is 5.12. The molecule has 3 heterocycles. The van der Waals surface area contributed by atoms with Gasteiger partial charge in [-0.15, -0.1) is 0 Å². The van der Waals surface area contributed by atoms with Crippen molar-refractivity contribution in [2.45, 2.75) is 6.92 Å². The van der Waals surface area contributed by atoms with Crippen LogP contribution in [0, 0.1) is 6.92 Å². The first kappa shape index (κ1) is 18.2. The molecule has 8 nitrogen and oxygen atoms in total. The molecular weight excluding hydrogens is 358 g/mol. The maximum atomic E-state index is 12.2. The summed E-state index contributed by atoms with van der Waals surface area (Å²) in [5.74, 6) is 1.46. The number of rotatable bonds is 5. The largest absolute Gasteiger partial charge is 0.484 e. The lowest BCUT2D eigenvalue weighted by molar-refractivity contribution is -0.137. The summed E-state index contributed by atoms with van der Waals surface area (Å²) in [6.45, 7) is 4.47. The molecule has 0 unspecified atom stereocenters. The lowest BCUT2D eigenvalue weighted by Crippen LogP contribution is -2.42. The number of aromatic nitrogens is 4. The molecule has 0 aliphatic carbocycles. The van der Waals surface area contributed by atoms with Crippen molar-refractivity contribution in [1.82, 2.24) is 24.2 Å². The van der Waals surface area contributed by atoms with Gasteiger partial charge in [-0.3, -0.25) is 14.0 Å². The van der Waals surface area contributed by atoms with Gasteiger partial charge >= 0.3 is 0 Å². The average Bonchev–Trinajstić information content (AvgIpc) is 3.34. The first-order chi connectivity index (χ1) is 13.6. The van der Waals surface area contributed by atoms with E-state index in [1.165, 1.54) is 0 Å². The molecule has 3 aromatic rings. The van der Waals surface area contributed by atoms with Crippen molar-refractivity contribution in [3.05, 3.63) is 48.5 Å². The number of morpholine rings is 1. The number of aryl methyl sites for hydroxylation is 1. The van der Waals surface area contributed by atoms with Crippen LogP contribution in [0.15, 0.2) is 42.9 Å². The number of benzene rings is 1. The Hall–Kier alpha value is -3.13. The molecule has 1 fully saturated rings. The molecule has 0 N–H and O–H groups in total. The van der Waals surface area contributed by atoms with Crippen LogP contribution in [0.5, 0.6) is 5.75 Å². The first-order valence-corrected chi connectivity index (χ1v) is 9.24. The number of amides is 1. The molecule has 1 amide bonds. The highest BCUT2D eigenvalue weighted by atomic mass is 16.5. The standard InChI is InChI=1S/C20H23N5O3/c1-15-18(13-22-23(15)2)25-8-7-21-20(25)16-3-5-17(6-4-16)28-14-19(26)24-9-11-27-12-10-24/h3-8,13H,9-12,14H2,1-2H3. The molecular formula is C20H23N5O3. The summed E-state index contributed by atoms with van der Waals surface area (Å²) >= 11 is 0. The van der Waals surface area contributed by atoms with Crippen molar-refractivity contribution in [2.75, 3.05) is 32.9 Å². The highest BCUT2D eigenvalue weighted by molar-refractivity contribution is 5.77. The minimum atomic E-state index is -0.0185. The number of nitrogens with zero attached hydrogens (tertiary/aromatic N) is 5. The summed E-state index contributed by atoms with van der Waals surface area (Å²) < 4.78 is 14.8. The van der Waals surface area contributed by atoms with Gasteiger partial charge in [-0.05, 0) is 31.2 Å². The molecule has 0 atom stereocenters. The Morgan fingerprint density at radius 1 is 1.21 bits per heavy atom. The summed E-state index contributed by atoms with van der Waals surface area (Å²) in [5, 5.41) is 4.30. The predicted molar refractivity (Wildman–Crippen MR) is 103 cm³/mol. The summed E-state index contributed by atoms with van der Waals surface area (Å²) in [4.78, 5) is 18.4. The molecule has 0 radical (unpaired) electrons. The van der Waals surface area contributed by atoms with Crippen molar-refractivity contribution >= 4 is 5.91 Å². The van der Waals surface area contributed by atoms with Crippen LogP contribution in [-0.2, 0) is 16.6 Å². The Balaban J connectivity index is 1.45. The van der Waals surface area contributed by atoms with Crippen LogP contribution in [-0.4, -0.2) is 63.0 Å². The normalized spacial score (nSPS) is 14.3. The van der Waals surface area contributed by atoms with Gasteiger partial charge in [0.2, 0.25) is 0 Å². The zero-order valence-electron chi connectivity index (χ0n) is 16.0. The quantitative estimate of drug-likeness (QED) is 0.674. The van der Waals surface area contributed by atoms with E-state index in [0.29, 0.717) is 32.1 Å². The van der Waals surface area contributed by atoms with Crippen LogP contribution in [0.25, 0.3) is 17.1 Å².